The fraction of sp³-hybridized carbons (Fsp3) is 0.296. The van der Waals surface area contributed by atoms with Crippen molar-refractivity contribution in [3.63, 3.8) is 0 Å². The normalized spacial score (nSPS) is 19.1. The van der Waals surface area contributed by atoms with Crippen molar-refractivity contribution in [3.8, 4) is 5.75 Å². The number of benzene rings is 3. The highest BCUT2D eigenvalue weighted by Crippen LogP contribution is 2.46. The van der Waals surface area contributed by atoms with Crippen molar-refractivity contribution in [1.29, 1.82) is 0 Å². The van der Waals surface area contributed by atoms with E-state index in [4.69, 9.17) is 0 Å². The lowest BCUT2D eigenvalue weighted by atomic mass is 9.87. The molecule has 1 heterocycles. The van der Waals surface area contributed by atoms with E-state index in [2.05, 4.69) is 0 Å². The Hall–Kier alpha value is -3.22. The monoisotopic (exact) mass is 449 g/mol. The lowest BCUT2D eigenvalue weighted by Crippen LogP contribution is -2.28. The molecule has 1 amide bonds. The SMILES string of the molecule is O=C1C[C@H](CCC[C@@H](O)c2ccc(F)cc2)[C@@H](c2ccc(CO)cc2O)N1c1ccccc1. The predicted molar refractivity (Wildman–Crippen MR) is 124 cm³/mol. The number of para-hydroxylation sites is 1. The van der Waals surface area contributed by atoms with Crippen LogP contribution in [0.4, 0.5) is 10.1 Å². The Morgan fingerprint density at radius 2 is 1.76 bits per heavy atom. The first-order valence-electron chi connectivity index (χ1n) is 11.2. The number of carbonyl (C=O) groups excluding carboxylic acids is 1. The third kappa shape index (κ3) is 5.07. The van der Waals surface area contributed by atoms with Gasteiger partial charge in [0.1, 0.15) is 11.6 Å². The molecular weight excluding hydrogens is 421 g/mol. The van der Waals surface area contributed by atoms with Gasteiger partial charge < -0.3 is 20.2 Å². The van der Waals surface area contributed by atoms with E-state index >= 15 is 0 Å². The first kappa shape index (κ1) is 23.0. The molecule has 1 aliphatic heterocycles. The number of phenols is 1. The summed E-state index contributed by atoms with van der Waals surface area (Å²) in [4.78, 5) is 14.8. The van der Waals surface area contributed by atoms with E-state index in [1.165, 1.54) is 18.2 Å². The molecule has 5 nitrogen and oxygen atoms in total. The Labute approximate surface area is 192 Å². The van der Waals surface area contributed by atoms with Crippen LogP contribution in [0.25, 0.3) is 0 Å². The molecule has 33 heavy (non-hydrogen) atoms. The molecule has 6 heteroatoms. The van der Waals surface area contributed by atoms with Crippen molar-refractivity contribution >= 4 is 11.6 Å². The van der Waals surface area contributed by atoms with Crippen LogP contribution in [0.1, 0.15) is 54.5 Å². The van der Waals surface area contributed by atoms with E-state index < -0.39 is 6.10 Å². The Bertz CT molecular complexity index is 1090. The first-order valence-corrected chi connectivity index (χ1v) is 11.2. The molecule has 0 aliphatic carbocycles. The highest BCUT2D eigenvalue weighted by atomic mass is 19.1. The minimum absolute atomic E-state index is 0.0130. The van der Waals surface area contributed by atoms with E-state index in [1.54, 1.807) is 29.2 Å². The highest BCUT2D eigenvalue weighted by molar-refractivity contribution is 5.97. The van der Waals surface area contributed by atoms with E-state index in [0.717, 1.165) is 5.69 Å². The number of phenolic OH excluding ortho intramolecular Hbond substituents is 1. The molecule has 172 valence electrons. The van der Waals surface area contributed by atoms with Gasteiger partial charge in [-0.15, -0.1) is 0 Å². The highest BCUT2D eigenvalue weighted by Gasteiger charge is 2.42. The fourth-order valence-electron chi connectivity index (χ4n) is 4.71. The van der Waals surface area contributed by atoms with Crippen molar-refractivity contribution in [2.45, 2.75) is 44.4 Å². The van der Waals surface area contributed by atoms with Crippen molar-refractivity contribution in [1.82, 2.24) is 0 Å². The van der Waals surface area contributed by atoms with Crippen molar-refractivity contribution in [2.24, 2.45) is 5.92 Å². The molecule has 0 aromatic heterocycles. The summed E-state index contributed by atoms with van der Waals surface area (Å²) in [5, 5.41) is 30.6. The van der Waals surface area contributed by atoms with E-state index in [-0.39, 0.29) is 36.0 Å². The van der Waals surface area contributed by atoms with Gasteiger partial charge in [-0.2, -0.15) is 0 Å². The molecule has 1 aliphatic rings. The molecule has 0 saturated carbocycles. The number of aliphatic hydroxyl groups excluding tert-OH is 2. The second-order valence-electron chi connectivity index (χ2n) is 8.56. The maximum atomic E-state index is 13.2. The molecule has 1 fully saturated rings. The number of carbonyl (C=O) groups is 1. The Kier molecular flexibility index (Phi) is 7.06. The molecule has 1 saturated heterocycles. The number of nitrogens with zero attached hydrogens (tertiary/aromatic N) is 1. The average molecular weight is 450 g/mol. The number of hydrogen-bond acceptors (Lipinski definition) is 4. The second kappa shape index (κ2) is 10.1. The van der Waals surface area contributed by atoms with Crippen molar-refractivity contribution < 1.29 is 24.5 Å². The number of halogens is 1. The maximum absolute atomic E-state index is 13.2. The van der Waals surface area contributed by atoms with Crippen molar-refractivity contribution in [2.75, 3.05) is 4.90 Å². The van der Waals surface area contributed by atoms with Crippen LogP contribution in [0.3, 0.4) is 0 Å². The largest absolute Gasteiger partial charge is 0.508 e. The summed E-state index contributed by atoms with van der Waals surface area (Å²) in [6.07, 6.45) is 1.48. The number of aromatic hydroxyl groups is 1. The molecular formula is C27H28FNO4. The fourth-order valence-corrected chi connectivity index (χ4v) is 4.71. The number of aliphatic hydroxyl groups is 2. The average Bonchev–Trinajstić information content (AvgIpc) is 3.15. The van der Waals surface area contributed by atoms with Gasteiger partial charge in [0.05, 0.1) is 18.8 Å². The Balaban J connectivity index is 1.55. The molecule has 0 unspecified atom stereocenters. The molecule has 3 aromatic carbocycles. The van der Waals surface area contributed by atoms with Gasteiger partial charge in [-0.05, 0) is 60.2 Å². The quantitative estimate of drug-likeness (QED) is 0.451. The summed E-state index contributed by atoms with van der Waals surface area (Å²) in [6.45, 7) is -0.176. The summed E-state index contributed by atoms with van der Waals surface area (Å²) in [7, 11) is 0. The minimum Gasteiger partial charge on any atom is -0.508 e. The second-order valence-corrected chi connectivity index (χ2v) is 8.56. The number of hydrogen-bond donors (Lipinski definition) is 3. The summed E-state index contributed by atoms with van der Waals surface area (Å²) in [5.41, 5.74) is 2.68. The van der Waals surface area contributed by atoms with Gasteiger partial charge in [-0.1, -0.05) is 48.9 Å². The van der Waals surface area contributed by atoms with Gasteiger partial charge in [-0.25, -0.2) is 4.39 Å². The maximum Gasteiger partial charge on any atom is 0.227 e. The lowest BCUT2D eigenvalue weighted by molar-refractivity contribution is -0.117. The summed E-state index contributed by atoms with van der Waals surface area (Å²) in [6, 6.07) is 20.0. The van der Waals surface area contributed by atoms with Crippen molar-refractivity contribution in [3.05, 3.63) is 95.3 Å². The summed E-state index contributed by atoms with van der Waals surface area (Å²) < 4.78 is 13.2. The van der Waals surface area contributed by atoms with Crippen LogP contribution >= 0.6 is 0 Å². The zero-order chi connectivity index (χ0) is 23.4. The zero-order valence-corrected chi connectivity index (χ0v) is 18.3. The van der Waals surface area contributed by atoms with Crippen LogP contribution in [-0.2, 0) is 11.4 Å². The number of amides is 1. The van der Waals surface area contributed by atoms with Gasteiger partial charge in [0.2, 0.25) is 5.91 Å². The first-order chi connectivity index (χ1) is 16.0. The van der Waals surface area contributed by atoms with Gasteiger partial charge in [0.25, 0.3) is 0 Å². The smallest absolute Gasteiger partial charge is 0.227 e. The topological polar surface area (TPSA) is 81.0 Å². The molecule has 3 N–H and O–H groups in total. The van der Waals surface area contributed by atoms with Gasteiger partial charge in [0.15, 0.2) is 0 Å². The molecule has 0 radical (unpaired) electrons. The standard InChI is InChI=1S/C27H28FNO4/c28-21-12-10-19(11-13-21)24(31)8-4-5-20-16-26(33)29(22-6-2-1-3-7-22)27(20)23-14-9-18(17-30)15-25(23)32/h1-3,6-7,9-15,20,24,27,30-32H,4-5,8,16-17H2/t20-,24+,27-/m0/s1. The van der Waals surface area contributed by atoms with Gasteiger partial charge >= 0.3 is 0 Å². The third-order valence-corrected chi connectivity index (χ3v) is 6.37. The van der Waals surface area contributed by atoms with Crippen LogP contribution in [0, 0.1) is 11.7 Å². The molecule has 3 aromatic rings. The minimum atomic E-state index is -0.705. The molecule has 3 atom stereocenters. The van der Waals surface area contributed by atoms with E-state index in [1.807, 2.05) is 30.3 Å². The summed E-state index contributed by atoms with van der Waals surface area (Å²) >= 11 is 0. The predicted octanol–water partition coefficient (Wildman–Crippen LogP) is 5.02. The summed E-state index contributed by atoms with van der Waals surface area (Å²) in [5.74, 6) is -0.352. The van der Waals surface area contributed by atoms with E-state index in [9.17, 15) is 24.5 Å². The number of rotatable bonds is 8. The number of anilines is 1. The lowest BCUT2D eigenvalue weighted by Gasteiger charge is -2.29. The zero-order valence-electron chi connectivity index (χ0n) is 18.3. The molecule has 0 bridgehead atoms. The van der Waals surface area contributed by atoms with Gasteiger partial charge in [0, 0.05) is 17.7 Å². The third-order valence-electron chi connectivity index (χ3n) is 6.37. The Morgan fingerprint density at radius 1 is 1.03 bits per heavy atom. The van der Waals surface area contributed by atoms with Crippen LogP contribution in [-0.4, -0.2) is 21.2 Å². The van der Waals surface area contributed by atoms with Crippen LogP contribution in [0.15, 0.2) is 72.8 Å². The molecule has 0 spiro atoms. The molecule has 4 rings (SSSR count). The van der Waals surface area contributed by atoms with E-state index in [0.29, 0.717) is 42.4 Å². The van der Waals surface area contributed by atoms with Crippen LogP contribution in [0.5, 0.6) is 5.75 Å². The van der Waals surface area contributed by atoms with Crippen LogP contribution in [0.2, 0.25) is 0 Å². The Morgan fingerprint density at radius 3 is 2.42 bits per heavy atom. The van der Waals surface area contributed by atoms with Crippen LogP contribution < -0.4 is 4.90 Å². The van der Waals surface area contributed by atoms with Gasteiger partial charge in [-0.3, -0.25) is 4.79 Å².